The molecule has 0 aromatic heterocycles. The quantitative estimate of drug-likeness (QED) is 0.823. The molecule has 1 aromatic rings. The Morgan fingerprint density at radius 3 is 2.50 bits per heavy atom. The van der Waals surface area contributed by atoms with E-state index in [4.69, 9.17) is 9.73 Å². The van der Waals surface area contributed by atoms with Crippen LogP contribution in [0.25, 0.3) is 0 Å². The van der Waals surface area contributed by atoms with Crippen molar-refractivity contribution >= 4 is 11.5 Å². The average molecular weight is 269 g/mol. The molecule has 1 aromatic carbocycles. The molecule has 0 amide bonds. The van der Waals surface area contributed by atoms with Crippen molar-refractivity contribution in [1.29, 1.82) is 0 Å². The highest BCUT2D eigenvalue weighted by molar-refractivity contribution is 6.25. The van der Waals surface area contributed by atoms with Crippen molar-refractivity contribution in [3.8, 4) is 0 Å². The Bertz CT molecular complexity index is 580. The largest absolute Gasteiger partial charge is 0.493 e. The third kappa shape index (κ3) is 2.40. The van der Waals surface area contributed by atoms with E-state index >= 15 is 0 Å². The second kappa shape index (κ2) is 5.61. The normalized spacial score (nSPS) is 21.6. The predicted octanol–water partition coefficient (Wildman–Crippen LogP) is 3.54. The van der Waals surface area contributed by atoms with Gasteiger partial charge >= 0.3 is 0 Å². The van der Waals surface area contributed by atoms with Gasteiger partial charge in [0.25, 0.3) is 0 Å². The highest BCUT2D eigenvalue weighted by atomic mass is 16.5. The van der Waals surface area contributed by atoms with Gasteiger partial charge in [-0.1, -0.05) is 43.5 Å². The number of rotatable bonds is 2. The monoisotopic (exact) mass is 269 g/mol. The number of aliphatic imine (C=N–C) groups is 1. The molecule has 1 saturated carbocycles. The Morgan fingerprint density at radius 2 is 1.80 bits per heavy atom. The van der Waals surface area contributed by atoms with Gasteiger partial charge in [0.1, 0.15) is 0 Å². The van der Waals surface area contributed by atoms with Gasteiger partial charge in [-0.05, 0) is 12.8 Å². The van der Waals surface area contributed by atoms with Gasteiger partial charge in [-0.3, -0.25) is 9.79 Å². The molecule has 0 saturated heterocycles. The van der Waals surface area contributed by atoms with Crippen molar-refractivity contribution in [2.45, 2.75) is 38.1 Å². The van der Waals surface area contributed by atoms with E-state index in [0.717, 1.165) is 24.1 Å². The number of hydrogen-bond donors (Lipinski definition) is 0. The summed E-state index contributed by atoms with van der Waals surface area (Å²) < 4.78 is 5.21. The molecular weight excluding hydrogens is 250 g/mol. The summed E-state index contributed by atoms with van der Waals surface area (Å²) >= 11 is 0. The molecule has 2 aliphatic rings. The van der Waals surface area contributed by atoms with Crippen molar-refractivity contribution in [1.82, 2.24) is 0 Å². The Kier molecular flexibility index (Phi) is 3.68. The highest BCUT2D eigenvalue weighted by Crippen LogP contribution is 2.25. The van der Waals surface area contributed by atoms with Crippen LogP contribution in [-0.4, -0.2) is 24.6 Å². The first kappa shape index (κ1) is 13.1. The van der Waals surface area contributed by atoms with E-state index in [0.29, 0.717) is 17.4 Å². The van der Waals surface area contributed by atoms with Crippen LogP contribution in [0.1, 0.15) is 48.0 Å². The Balaban J connectivity index is 2.01. The van der Waals surface area contributed by atoms with E-state index < -0.39 is 0 Å². The third-order valence-corrected chi connectivity index (χ3v) is 4.06. The lowest BCUT2D eigenvalue weighted by Crippen LogP contribution is -2.21. The molecule has 0 radical (unpaired) electrons. The SMILES string of the molecule is COC1=CC(=NC2CCCCC2)c2ccccc2C1=O. The summed E-state index contributed by atoms with van der Waals surface area (Å²) in [7, 11) is 1.54. The van der Waals surface area contributed by atoms with Crippen LogP contribution in [0, 0.1) is 0 Å². The van der Waals surface area contributed by atoms with E-state index in [1.54, 1.807) is 6.08 Å². The number of methoxy groups -OCH3 is 1. The molecule has 0 unspecified atom stereocenters. The zero-order chi connectivity index (χ0) is 13.9. The van der Waals surface area contributed by atoms with Gasteiger partial charge < -0.3 is 4.74 Å². The van der Waals surface area contributed by atoms with Crippen LogP contribution in [0.3, 0.4) is 0 Å². The first-order valence-corrected chi connectivity index (χ1v) is 7.27. The number of benzene rings is 1. The number of hydrogen-bond acceptors (Lipinski definition) is 3. The molecule has 104 valence electrons. The van der Waals surface area contributed by atoms with Crippen molar-refractivity contribution in [2.24, 2.45) is 4.99 Å². The summed E-state index contributed by atoms with van der Waals surface area (Å²) in [6.45, 7) is 0. The van der Waals surface area contributed by atoms with Gasteiger partial charge in [0.05, 0.1) is 18.9 Å². The molecule has 2 aliphatic carbocycles. The molecule has 0 bridgehead atoms. The van der Waals surface area contributed by atoms with E-state index in [1.807, 2.05) is 24.3 Å². The van der Waals surface area contributed by atoms with Crippen LogP contribution in [0.15, 0.2) is 41.1 Å². The van der Waals surface area contributed by atoms with E-state index in [9.17, 15) is 4.79 Å². The summed E-state index contributed by atoms with van der Waals surface area (Å²) in [5.41, 5.74) is 2.52. The predicted molar refractivity (Wildman–Crippen MR) is 79.3 cm³/mol. The number of fused-ring (bicyclic) bond motifs is 1. The minimum absolute atomic E-state index is 0.0503. The topological polar surface area (TPSA) is 38.7 Å². The molecule has 0 spiro atoms. The Hall–Kier alpha value is -1.90. The van der Waals surface area contributed by atoms with Gasteiger partial charge in [0.2, 0.25) is 5.78 Å². The second-order valence-corrected chi connectivity index (χ2v) is 5.39. The molecule has 20 heavy (non-hydrogen) atoms. The number of Topliss-reactive ketones (excluding diaryl/α,β-unsaturated/α-hetero) is 1. The lowest BCUT2D eigenvalue weighted by Gasteiger charge is -2.21. The van der Waals surface area contributed by atoms with E-state index in [-0.39, 0.29) is 5.78 Å². The molecule has 3 rings (SSSR count). The number of carbonyl (C=O) groups excluding carboxylic acids is 1. The number of carbonyl (C=O) groups is 1. The third-order valence-electron chi connectivity index (χ3n) is 4.06. The van der Waals surface area contributed by atoms with Crippen LogP contribution in [0.5, 0.6) is 0 Å². The molecule has 0 heterocycles. The molecule has 0 aliphatic heterocycles. The van der Waals surface area contributed by atoms with Crippen LogP contribution in [0.2, 0.25) is 0 Å². The summed E-state index contributed by atoms with van der Waals surface area (Å²) in [6, 6.07) is 8.04. The standard InChI is InChI=1S/C17H19NO2/c1-20-16-11-15(18-12-7-3-2-4-8-12)13-9-5-6-10-14(13)17(16)19/h5-6,9-12H,2-4,7-8H2,1H3. The Labute approximate surface area is 119 Å². The maximum Gasteiger partial charge on any atom is 0.228 e. The fourth-order valence-electron chi connectivity index (χ4n) is 2.97. The molecule has 3 heteroatoms. The fraction of sp³-hybridized carbons (Fsp3) is 0.412. The fourth-order valence-corrected chi connectivity index (χ4v) is 2.97. The number of ketones is 1. The van der Waals surface area contributed by atoms with Gasteiger partial charge in [0.15, 0.2) is 5.76 Å². The highest BCUT2D eigenvalue weighted by Gasteiger charge is 2.25. The van der Waals surface area contributed by atoms with Crippen LogP contribution in [0.4, 0.5) is 0 Å². The van der Waals surface area contributed by atoms with Gasteiger partial charge in [0, 0.05) is 17.2 Å². The van der Waals surface area contributed by atoms with Crippen molar-refractivity contribution in [2.75, 3.05) is 7.11 Å². The van der Waals surface area contributed by atoms with Crippen LogP contribution in [-0.2, 0) is 4.74 Å². The van der Waals surface area contributed by atoms with E-state index in [2.05, 4.69) is 0 Å². The van der Waals surface area contributed by atoms with Crippen LogP contribution < -0.4 is 0 Å². The van der Waals surface area contributed by atoms with Gasteiger partial charge in [-0.25, -0.2) is 0 Å². The number of nitrogens with zero attached hydrogens (tertiary/aromatic N) is 1. The maximum absolute atomic E-state index is 12.2. The molecule has 3 nitrogen and oxygen atoms in total. The smallest absolute Gasteiger partial charge is 0.228 e. The van der Waals surface area contributed by atoms with Crippen molar-refractivity contribution in [3.63, 3.8) is 0 Å². The second-order valence-electron chi connectivity index (χ2n) is 5.39. The number of ether oxygens (including phenoxy) is 1. The molecule has 0 atom stereocenters. The zero-order valence-corrected chi connectivity index (χ0v) is 11.8. The average Bonchev–Trinajstić information content (AvgIpc) is 2.51. The lowest BCUT2D eigenvalue weighted by molar-refractivity contribution is 0.0952. The van der Waals surface area contributed by atoms with Gasteiger partial charge in [-0.2, -0.15) is 0 Å². The minimum atomic E-state index is -0.0503. The van der Waals surface area contributed by atoms with Crippen molar-refractivity contribution < 1.29 is 9.53 Å². The van der Waals surface area contributed by atoms with E-state index in [1.165, 1.54) is 26.4 Å². The summed E-state index contributed by atoms with van der Waals surface area (Å²) in [4.78, 5) is 17.1. The minimum Gasteiger partial charge on any atom is -0.493 e. The van der Waals surface area contributed by atoms with Crippen molar-refractivity contribution in [3.05, 3.63) is 47.2 Å². The molecule has 0 N–H and O–H groups in total. The zero-order valence-electron chi connectivity index (χ0n) is 11.8. The van der Waals surface area contributed by atoms with Gasteiger partial charge in [-0.15, -0.1) is 0 Å². The lowest BCUT2D eigenvalue weighted by atomic mass is 9.91. The molecular formula is C17H19NO2. The molecule has 1 fully saturated rings. The first-order chi connectivity index (χ1) is 9.79. The Morgan fingerprint density at radius 1 is 1.10 bits per heavy atom. The maximum atomic E-state index is 12.2. The number of allylic oxidation sites excluding steroid dienone is 2. The summed E-state index contributed by atoms with van der Waals surface area (Å²) in [5, 5.41) is 0. The summed E-state index contributed by atoms with van der Waals surface area (Å²) in [5.74, 6) is 0.337. The summed E-state index contributed by atoms with van der Waals surface area (Å²) in [6.07, 6.45) is 7.91. The van der Waals surface area contributed by atoms with Crippen LogP contribution >= 0.6 is 0 Å². The first-order valence-electron chi connectivity index (χ1n) is 7.27.